The first-order valence-electron chi connectivity index (χ1n) is 5.07. The quantitative estimate of drug-likeness (QED) is 0.861. The van der Waals surface area contributed by atoms with Gasteiger partial charge < -0.3 is 10.1 Å². The molecule has 0 aromatic heterocycles. The van der Waals surface area contributed by atoms with E-state index in [4.69, 9.17) is 4.74 Å². The summed E-state index contributed by atoms with van der Waals surface area (Å²) in [6.07, 6.45) is -3.32. The molecule has 0 saturated carbocycles. The summed E-state index contributed by atoms with van der Waals surface area (Å²) in [5, 5.41) is 2.37. The standard InChI is InChI=1S/C11H12F3NO/c12-11(13,14)7-15-6-8-1-2-10-9(5-8)3-4-16-10/h1-2,5,15H,3-4,6-7H2. The van der Waals surface area contributed by atoms with Crippen molar-refractivity contribution < 1.29 is 17.9 Å². The number of hydrogen-bond donors (Lipinski definition) is 1. The normalized spacial score (nSPS) is 14.7. The van der Waals surface area contributed by atoms with Gasteiger partial charge in [-0.25, -0.2) is 0 Å². The highest BCUT2D eigenvalue weighted by molar-refractivity contribution is 5.39. The Morgan fingerprint density at radius 1 is 1.31 bits per heavy atom. The van der Waals surface area contributed by atoms with Gasteiger partial charge in [0, 0.05) is 13.0 Å². The van der Waals surface area contributed by atoms with E-state index >= 15 is 0 Å². The smallest absolute Gasteiger partial charge is 0.401 e. The molecule has 0 atom stereocenters. The highest BCUT2D eigenvalue weighted by Crippen LogP contribution is 2.25. The van der Waals surface area contributed by atoms with Crippen molar-refractivity contribution in [1.29, 1.82) is 0 Å². The monoisotopic (exact) mass is 231 g/mol. The fourth-order valence-electron chi connectivity index (χ4n) is 1.70. The van der Waals surface area contributed by atoms with Gasteiger partial charge >= 0.3 is 6.18 Å². The lowest BCUT2D eigenvalue weighted by molar-refractivity contribution is -0.125. The van der Waals surface area contributed by atoms with Gasteiger partial charge in [-0.05, 0) is 17.2 Å². The molecule has 1 N–H and O–H groups in total. The van der Waals surface area contributed by atoms with E-state index in [1.54, 1.807) is 6.07 Å². The van der Waals surface area contributed by atoms with E-state index in [0.29, 0.717) is 6.61 Å². The van der Waals surface area contributed by atoms with Crippen LogP contribution in [0.5, 0.6) is 5.75 Å². The largest absolute Gasteiger partial charge is 0.493 e. The zero-order valence-electron chi connectivity index (χ0n) is 8.60. The SMILES string of the molecule is FC(F)(F)CNCc1ccc2c(c1)CCO2. The summed E-state index contributed by atoms with van der Waals surface area (Å²) in [7, 11) is 0. The second-order valence-electron chi connectivity index (χ2n) is 3.76. The molecule has 0 radical (unpaired) electrons. The predicted octanol–water partition coefficient (Wildman–Crippen LogP) is 2.27. The van der Waals surface area contributed by atoms with Crippen molar-refractivity contribution in [1.82, 2.24) is 5.32 Å². The molecule has 1 aromatic carbocycles. The number of benzene rings is 1. The van der Waals surface area contributed by atoms with E-state index in [1.807, 2.05) is 12.1 Å². The van der Waals surface area contributed by atoms with Crippen LogP contribution in [0.4, 0.5) is 13.2 Å². The molecule has 1 heterocycles. The number of nitrogens with one attached hydrogen (secondary N) is 1. The summed E-state index contributed by atoms with van der Waals surface area (Å²) < 4.78 is 41.0. The highest BCUT2D eigenvalue weighted by atomic mass is 19.4. The molecule has 88 valence electrons. The van der Waals surface area contributed by atoms with Crippen molar-refractivity contribution in [2.45, 2.75) is 19.1 Å². The van der Waals surface area contributed by atoms with Crippen LogP contribution < -0.4 is 10.1 Å². The Bertz CT molecular complexity index is 376. The van der Waals surface area contributed by atoms with Gasteiger partial charge in [-0.3, -0.25) is 0 Å². The van der Waals surface area contributed by atoms with E-state index in [9.17, 15) is 13.2 Å². The van der Waals surface area contributed by atoms with Gasteiger partial charge in [0.2, 0.25) is 0 Å². The summed E-state index contributed by atoms with van der Waals surface area (Å²) in [5.41, 5.74) is 1.93. The summed E-state index contributed by atoms with van der Waals surface area (Å²) in [4.78, 5) is 0. The Labute approximate surface area is 91.4 Å². The van der Waals surface area contributed by atoms with Gasteiger partial charge in [-0.2, -0.15) is 13.2 Å². The average molecular weight is 231 g/mol. The van der Waals surface area contributed by atoms with E-state index < -0.39 is 12.7 Å². The lowest BCUT2D eigenvalue weighted by Gasteiger charge is -2.08. The second-order valence-corrected chi connectivity index (χ2v) is 3.76. The van der Waals surface area contributed by atoms with Crippen molar-refractivity contribution in [3.05, 3.63) is 29.3 Å². The molecule has 2 rings (SSSR count). The number of alkyl halides is 3. The minimum atomic E-state index is -4.15. The van der Waals surface area contributed by atoms with Crippen molar-refractivity contribution >= 4 is 0 Å². The number of fused-ring (bicyclic) bond motifs is 1. The Hall–Kier alpha value is -1.23. The van der Waals surface area contributed by atoms with Gasteiger partial charge in [0.25, 0.3) is 0 Å². The van der Waals surface area contributed by atoms with E-state index in [2.05, 4.69) is 5.32 Å². The summed E-state index contributed by atoms with van der Waals surface area (Å²) in [5.74, 6) is 0.847. The fraction of sp³-hybridized carbons (Fsp3) is 0.455. The first kappa shape index (κ1) is 11.3. The zero-order valence-corrected chi connectivity index (χ0v) is 8.60. The molecule has 0 bridgehead atoms. The van der Waals surface area contributed by atoms with Crippen LogP contribution in [-0.2, 0) is 13.0 Å². The molecule has 1 aliphatic rings. The van der Waals surface area contributed by atoms with Crippen LogP contribution in [0.25, 0.3) is 0 Å². The Balaban J connectivity index is 1.91. The second kappa shape index (κ2) is 4.33. The molecule has 0 amide bonds. The van der Waals surface area contributed by atoms with Crippen LogP contribution in [0.15, 0.2) is 18.2 Å². The molecule has 5 heteroatoms. The minimum absolute atomic E-state index is 0.229. The van der Waals surface area contributed by atoms with Crippen LogP contribution in [0.3, 0.4) is 0 Å². The maximum absolute atomic E-state index is 11.9. The van der Waals surface area contributed by atoms with Crippen molar-refractivity contribution in [3.8, 4) is 5.75 Å². The molecule has 0 fully saturated rings. The lowest BCUT2D eigenvalue weighted by Crippen LogP contribution is -2.28. The van der Waals surface area contributed by atoms with Crippen LogP contribution >= 0.6 is 0 Å². The molecule has 0 saturated heterocycles. The van der Waals surface area contributed by atoms with Crippen LogP contribution in [-0.4, -0.2) is 19.3 Å². The minimum Gasteiger partial charge on any atom is -0.493 e. The predicted molar refractivity (Wildman–Crippen MR) is 53.4 cm³/mol. The highest BCUT2D eigenvalue weighted by Gasteiger charge is 2.26. The van der Waals surface area contributed by atoms with Crippen LogP contribution in [0.1, 0.15) is 11.1 Å². The Morgan fingerprint density at radius 3 is 2.88 bits per heavy atom. The summed E-state index contributed by atoms with van der Waals surface area (Å²) in [6, 6.07) is 5.49. The molecule has 0 spiro atoms. The molecular formula is C11H12F3NO. The van der Waals surface area contributed by atoms with Crippen LogP contribution in [0, 0.1) is 0 Å². The van der Waals surface area contributed by atoms with Crippen molar-refractivity contribution in [2.75, 3.05) is 13.2 Å². The van der Waals surface area contributed by atoms with Gasteiger partial charge in [0.05, 0.1) is 13.2 Å². The zero-order chi connectivity index (χ0) is 11.6. The molecular weight excluding hydrogens is 219 g/mol. The number of ether oxygens (including phenoxy) is 1. The number of halogens is 3. The molecule has 1 aromatic rings. The summed E-state index contributed by atoms with van der Waals surface area (Å²) >= 11 is 0. The third-order valence-electron chi connectivity index (χ3n) is 2.41. The van der Waals surface area contributed by atoms with Gasteiger partial charge in [0.15, 0.2) is 0 Å². The van der Waals surface area contributed by atoms with Crippen molar-refractivity contribution in [3.63, 3.8) is 0 Å². The van der Waals surface area contributed by atoms with Gasteiger partial charge in [-0.15, -0.1) is 0 Å². The van der Waals surface area contributed by atoms with Gasteiger partial charge in [0.1, 0.15) is 5.75 Å². The van der Waals surface area contributed by atoms with E-state index in [0.717, 1.165) is 23.3 Å². The molecule has 16 heavy (non-hydrogen) atoms. The van der Waals surface area contributed by atoms with Crippen LogP contribution in [0.2, 0.25) is 0 Å². The molecule has 1 aliphatic heterocycles. The van der Waals surface area contributed by atoms with Crippen molar-refractivity contribution in [2.24, 2.45) is 0 Å². The maximum Gasteiger partial charge on any atom is 0.401 e. The third kappa shape index (κ3) is 2.88. The maximum atomic E-state index is 11.9. The topological polar surface area (TPSA) is 21.3 Å². The average Bonchev–Trinajstić information content (AvgIpc) is 2.62. The lowest BCUT2D eigenvalue weighted by atomic mass is 10.1. The first-order valence-corrected chi connectivity index (χ1v) is 5.07. The molecule has 0 aliphatic carbocycles. The first-order chi connectivity index (χ1) is 7.54. The summed E-state index contributed by atoms with van der Waals surface area (Å²) in [6.45, 7) is -0.0673. The molecule has 0 unspecified atom stereocenters. The molecule has 2 nitrogen and oxygen atoms in total. The Kier molecular flexibility index (Phi) is 3.05. The number of rotatable bonds is 3. The van der Waals surface area contributed by atoms with E-state index in [1.165, 1.54) is 0 Å². The Morgan fingerprint density at radius 2 is 2.12 bits per heavy atom. The number of hydrogen-bond acceptors (Lipinski definition) is 2. The van der Waals surface area contributed by atoms with Gasteiger partial charge in [-0.1, -0.05) is 12.1 Å². The third-order valence-corrected chi connectivity index (χ3v) is 2.41. The fourth-order valence-corrected chi connectivity index (χ4v) is 1.70. The van der Waals surface area contributed by atoms with E-state index in [-0.39, 0.29) is 6.54 Å².